The minimum absolute atomic E-state index is 0.0300. The lowest BCUT2D eigenvalue weighted by molar-refractivity contribution is 0.167. The predicted octanol–water partition coefficient (Wildman–Crippen LogP) is 4.78. The molecule has 0 bridgehead atoms. The number of anilines is 1. The number of amides is 4. The second kappa shape index (κ2) is 13.9. The molecule has 202 valence electrons. The van der Waals surface area contributed by atoms with Crippen molar-refractivity contribution in [1.29, 1.82) is 0 Å². The number of nitrogens with zero attached hydrogens (tertiary/aromatic N) is 2. The van der Waals surface area contributed by atoms with Crippen molar-refractivity contribution in [2.24, 2.45) is 0 Å². The zero-order chi connectivity index (χ0) is 26.8. The summed E-state index contributed by atoms with van der Waals surface area (Å²) in [6.07, 6.45) is 2.77. The number of para-hydroxylation sites is 1. The van der Waals surface area contributed by atoms with Gasteiger partial charge in [0, 0.05) is 43.4 Å². The highest BCUT2D eigenvalue weighted by molar-refractivity contribution is 7.89. The number of carbonyl (C=O) groups is 2. The molecule has 12 heteroatoms. The molecule has 1 heterocycles. The van der Waals surface area contributed by atoms with Gasteiger partial charge in [-0.15, -0.1) is 0 Å². The van der Waals surface area contributed by atoms with E-state index in [0.29, 0.717) is 44.0 Å². The Morgan fingerprint density at radius 3 is 2.57 bits per heavy atom. The summed E-state index contributed by atoms with van der Waals surface area (Å²) in [7, 11) is -3.78. The largest absolute Gasteiger partial charge is 0.338 e. The van der Waals surface area contributed by atoms with Crippen LogP contribution in [0.3, 0.4) is 0 Å². The molecule has 2 aromatic carbocycles. The van der Waals surface area contributed by atoms with E-state index in [2.05, 4.69) is 15.4 Å². The molecule has 4 amide bonds. The molecule has 1 atom stereocenters. The Hall–Kier alpha value is -2.53. The van der Waals surface area contributed by atoms with Crippen LogP contribution in [-0.4, -0.2) is 69.0 Å². The highest BCUT2D eigenvalue weighted by atomic mass is 35.5. The minimum Gasteiger partial charge on any atom is -0.338 e. The van der Waals surface area contributed by atoms with Gasteiger partial charge in [0.1, 0.15) is 4.90 Å². The molecule has 3 N–H and O–H groups in total. The smallest absolute Gasteiger partial charge is 0.322 e. The van der Waals surface area contributed by atoms with Crippen molar-refractivity contribution in [1.82, 2.24) is 19.8 Å². The molecule has 2 aromatic rings. The molecule has 0 aliphatic carbocycles. The van der Waals surface area contributed by atoms with Crippen LogP contribution in [0.1, 0.15) is 32.6 Å². The van der Waals surface area contributed by atoms with Gasteiger partial charge in [-0.2, -0.15) is 0 Å². The van der Waals surface area contributed by atoms with E-state index < -0.39 is 10.0 Å². The fourth-order valence-corrected chi connectivity index (χ4v) is 6.05. The van der Waals surface area contributed by atoms with E-state index in [-0.39, 0.29) is 34.6 Å². The van der Waals surface area contributed by atoms with Crippen molar-refractivity contribution in [2.45, 2.75) is 43.5 Å². The Balaban J connectivity index is 1.53. The molecule has 9 nitrogen and oxygen atoms in total. The highest BCUT2D eigenvalue weighted by Gasteiger charge is 2.31. The molecular weight excluding hydrogens is 537 g/mol. The molecule has 0 aromatic heterocycles. The number of sulfonamides is 1. The van der Waals surface area contributed by atoms with Crippen molar-refractivity contribution in [3.63, 3.8) is 0 Å². The van der Waals surface area contributed by atoms with Crippen LogP contribution in [0.5, 0.6) is 0 Å². The molecular formula is C25H33Cl2N5O4S. The third kappa shape index (κ3) is 8.49. The van der Waals surface area contributed by atoms with Crippen LogP contribution in [0.15, 0.2) is 53.4 Å². The van der Waals surface area contributed by atoms with Crippen LogP contribution in [0.2, 0.25) is 10.0 Å². The van der Waals surface area contributed by atoms with Crippen LogP contribution < -0.4 is 15.4 Å². The third-order valence-corrected chi connectivity index (χ3v) is 8.22. The first-order valence-electron chi connectivity index (χ1n) is 12.3. The summed E-state index contributed by atoms with van der Waals surface area (Å²) in [6, 6.07) is 13.0. The first-order valence-corrected chi connectivity index (χ1v) is 14.6. The number of hydrogen-bond donors (Lipinski definition) is 3. The fourth-order valence-electron chi connectivity index (χ4n) is 4.21. The second-order valence-corrected chi connectivity index (χ2v) is 11.3. The molecule has 1 aliphatic heterocycles. The van der Waals surface area contributed by atoms with Crippen molar-refractivity contribution in [2.75, 3.05) is 38.0 Å². The van der Waals surface area contributed by atoms with Gasteiger partial charge in [-0.3, -0.25) is 0 Å². The average Bonchev–Trinajstić information content (AvgIpc) is 3.32. The summed E-state index contributed by atoms with van der Waals surface area (Å²) in [5, 5.41) is 6.16. The summed E-state index contributed by atoms with van der Waals surface area (Å²) in [5.41, 5.74) is 0.723. The zero-order valence-corrected chi connectivity index (χ0v) is 23.1. The lowest BCUT2D eigenvalue weighted by atomic mass is 10.2. The van der Waals surface area contributed by atoms with E-state index in [1.54, 1.807) is 9.80 Å². The summed E-state index contributed by atoms with van der Waals surface area (Å²) in [5.74, 6) is 0. The number of hydrogen-bond acceptors (Lipinski definition) is 4. The standard InChI is InChI=1S/C25H33Cl2N5O4S/c1-2-28-24(33)31(15-7-6-14-29-37(35,36)23-13-12-19(26)17-22(23)27)18-21-11-8-16-32(21)25(34)30-20-9-4-3-5-10-20/h3-5,9-10,12-13,17,21,29H,2,6-8,11,14-16,18H2,1H3,(H,28,33)(H,30,34). The molecule has 1 unspecified atom stereocenters. The molecule has 37 heavy (non-hydrogen) atoms. The minimum atomic E-state index is -3.78. The van der Waals surface area contributed by atoms with Gasteiger partial charge >= 0.3 is 12.1 Å². The third-order valence-electron chi connectivity index (χ3n) is 6.04. The van der Waals surface area contributed by atoms with Gasteiger partial charge in [-0.05, 0) is 62.9 Å². The first kappa shape index (κ1) is 29.0. The topological polar surface area (TPSA) is 111 Å². The first-order chi connectivity index (χ1) is 17.7. The highest BCUT2D eigenvalue weighted by Crippen LogP contribution is 2.25. The Bertz CT molecular complexity index is 1170. The molecule has 0 spiro atoms. The molecule has 3 rings (SSSR count). The van der Waals surface area contributed by atoms with Crippen LogP contribution in [-0.2, 0) is 10.0 Å². The fraction of sp³-hybridized carbons (Fsp3) is 0.440. The second-order valence-electron chi connectivity index (χ2n) is 8.75. The van der Waals surface area contributed by atoms with Gasteiger partial charge in [0.25, 0.3) is 0 Å². The van der Waals surface area contributed by atoms with Crippen molar-refractivity contribution in [3.05, 3.63) is 58.6 Å². The normalized spacial score (nSPS) is 15.4. The Morgan fingerprint density at radius 2 is 1.86 bits per heavy atom. The number of urea groups is 2. The number of halogens is 2. The Morgan fingerprint density at radius 1 is 1.11 bits per heavy atom. The molecule has 0 radical (unpaired) electrons. The Labute approximate surface area is 228 Å². The van der Waals surface area contributed by atoms with Gasteiger partial charge in [-0.25, -0.2) is 22.7 Å². The lowest BCUT2D eigenvalue weighted by Crippen LogP contribution is -2.49. The van der Waals surface area contributed by atoms with Gasteiger partial charge < -0.3 is 20.4 Å². The molecule has 1 fully saturated rings. The van der Waals surface area contributed by atoms with Gasteiger partial charge in [0.15, 0.2) is 0 Å². The zero-order valence-electron chi connectivity index (χ0n) is 20.8. The van der Waals surface area contributed by atoms with E-state index in [1.807, 2.05) is 37.3 Å². The van der Waals surface area contributed by atoms with Gasteiger partial charge in [0.05, 0.1) is 11.1 Å². The number of benzene rings is 2. The van der Waals surface area contributed by atoms with E-state index in [0.717, 1.165) is 18.5 Å². The number of carbonyl (C=O) groups excluding carboxylic acids is 2. The maximum Gasteiger partial charge on any atom is 0.322 e. The average molecular weight is 571 g/mol. The van der Waals surface area contributed by atoms with Crippen molar-refractivity contribution in [3.8, 4) is 0 Å². The SMILES string of the molecule is CCNC(=O)N(CCCCNS(=O)(=O)c1ccc(Cl)cc1Cl)CC1CCCN1C(=O)Nc1ccccc1. The van der Waals surface area contributed by atoms with Crippen LogP contribution in [0.4, 0.5) is 15.3 Å². The van der Waals surface area contributed by atoms with E-state index in [4.69, 9.17) is 23.2 Å². The number of nitrogens with one attached hydrogen (secondary N) is 3. The summed E-state index contributed by atoms with van der Waals surface area (Å²) in [6.45, 7) is 3.99. The maximum atomic E-state index is 12.9. The molecule has 1 saturated heterocycles. The number of rotatable bonds is 11. The summed E-state index contributed by atoms with van der Waals surface area (Å²) in [4.78, 5) is 29.1. The van der Waals surface area contributed by atoms with Crippen LogP contribution in [0, 0.1) is 0 Å². The van der Waals surface area contributed by atoms with Crippen molar-refractivity contribution >= 4 is 51.0 Å². The maximum absolute atomic E-state index is 12.9. The monoisotopic (exact) mass is 569 g/mol. The van der Waals surface area contributed by atoms with E-state index in [9.17, 15) is 18.0 Å². The number of unbranched alkanes of at least 4 members (excludes halogenated alkanes) is 1. The quantitative estimate of drug-likeness (QED) is 0.338. The van der Waals surface area contributed by atoms with Gasteiger partial charge in [0.2, 0.25) is 10.0 Å². The molecule has 1 aliphatic rings. The predicted molar refractivity (Wildman–Crippen MR) is 147 cm³/mol. The van der Waals surface area contributed by atoms with Crippen LogP contribution >= 0.6 is 23.2 Å². The van der Waals surface area contributed by atoms with Crippen LogP contribution in [0.25, 0.3) is 0 Å². The molecule has 0 saturated carbocycles. The lowest BCUT2D eigenvalue weighted by Gasteiger charge is -2.31. The number of likely N-dealkylation sites (tertiary alicyclic amines) is 1. The van der Waals surface area contributed by atoms with E-state index in [1.165, 1.54) is 18.2 Å². The van der Waals surface area contributed by atoms with Crippen molar-refractivity contribution < 1.29 is 18.0 Å². The van der Waals surface area contributed by atoms with Gasteiger partial charge in [-0.1, -0.05) is 41.4 Å². The summed E-state index contributed by atoms with van der Waals surface area (Å²) >= 11 is 11.9. The Kier molecular flexibility index (Phi) is 10.9. The van der Waals surface area contributed by atoms with E-state index >= 15 is 0 Å². The summed E-state index contributed by atoms with van der Waals surface area (Å²) < 4.78 is 27.7.